The lowest BCUT2D eigenvalue weighted by molar-refractivity contribution is 0.140. The van der Waals surface area contributed by atoms with Crippen molar-refractivity contribution in [2.24, 2.45) is 5.73 Å². The minimum Gasteiger partial charge on any atom is -0.382 e. The van der Waals surface area contributed by atoms with Gasteiger partial charge in [-0.2, -0.15) is 0 Å². The van der Waals surface area contributed by atoms with Crippen molar-refractivity contribution in [3.8, 4) is 0 Å². The minimum atomic E-state index is 0.0361. The summed E-state index contributed by atoms with van der Waals surface area (Å²) in [7, 11) is 0. The van der Waals surface area contributed by atoms with Crippen LogP contribution in [0.25, 0.3) is 0 Å². The van der Waals surface area contributed by atoms with Crippen molar-refractivity contribution in [3.05, 3.63) is 29.6 Å². The molecule has 0 aliphatic heterocycles. The number of nitrogens with two attached hydrogens (primary N) is 1. The van der Waals surface area contributed by atoms with Gasteiger partial charge in [0.15, 0.2) is 0 Å². The molecule has 0 radical (unpaired) electrons. The number of nitrogens with zero attached hydrogens (tertiary/aromatic N) is 1. The van der Waals surface area contributed by atoms with Crippen LogP contribution in [0, 0.1) is 6.92 Å². The number of hydrogen-bond acceptors (Lipinski definition) is 3. The van der Waals surface area contributed by atoms with Crippen molar-refractivity contribution in [3.63, 3.8) is 0 Å². The maximum absolute atomic E-state index is 5.98. The predicted octanol–water partition coefficient (Wildman–Crippen LogP) is 1.82. The number of pyridine rings is 1. The summed E-state index contributed by atoms with van der Waals surface area (Å²) < 4.78 is 5.26. The van der Waals surface area contributed by atoms with Gasteiger partial charge < -0.3 is 10.5 Å². The van der Waals surface area contributed by atoms with Crippen LogP contribution in [0.5, 0.6) is 0 Å². The molecule has 0 bridgehead atoms. The SMILES string of the molecule is CCOCCC(N)c1cncc(C)c1. The third kappa shape index (κ3) is 3.44. The summed E-state index contributed by atoms with van der Waals surface area (Å²) in [5.41, 5.74) is 8.22. The molecule has 1 heterocycles. The van der Waals surface area contributed by atoms with Crippen LogP contribution in [0.15, 0.2) is 18.5 Å². The van der Waals surface area contributed by atoms with Gasteiger partial charge >= 0.3 is 0 Å². The Morgan fingerprint density at radius 1 is 1.50 bits per heavy atom. The van der Waals surface area contributed by atoms with E-state index in [1.54, 1.807) is 0 Å². The van der Waals surface area contributed by atoms with Gasteiger partial charge in [0.2, 0.25) is 0 Å². The maximum atomic E-state index is 5.98. The minimum absolute atomic E-state index is 0.0361. The molecule has 1 atom stereocenters. The van der Waals surface area contributed by atoms with Crippen LogP contribution in [0.1, 0.15) is 30.5 Å². The van der Waals surface area contributed by atoms with Gasteiger partial charge in [0, 0.05) is 31.6 Å². The first-order valence-electron chi connectivity index (χ1n) is 4.99. The van der Waals surface area contributed by atoms with Crippen molar-refractivity contribution in [2.75, 3.05) is 13.2 Å². The molecule has 0 spiro atoms. The van der Waals surface area contributed by atoms with Crippen LogP contribution in [0.3, 0.4) is 0 Å². The number of aromatic nitrogens is 1. The maximum Gasteiger partial charge on any atom is 0.0483 e. The summed E-state index contributed by atoms with van der Waals surface area (Å²) in [6, 6.07) is 2.11. The highest BCUT2D eigenvalue weighted by Gasteiger charge is 2.05. The Balaban J connectivity index is 2.47. The van der Waals surface area contributed by atoms with Crippen LogP contribution < -0.4 is 5.73 Å². The summed E-state index contributed by atoms with van der Waals surface area (Å²) in [6.45, 7) is 5.47. The van der Waals surface area contributed by atoms with Gasteiger partial charge in [-0.3, -0.25) is 4.98 Å². The summed E-state index contributed by atoms with van der Waals surface area (Å²) >= 11 is 0. The van der Waals surface area contributed by atoms with E-state index in [0.717, 1.165) is 24.2 Å². The van der Waals surface area contributed by atoms with Gasteiger partial charge in [-0.15, -0.1) is 0 Å². The van der Waals surface area contributed by atoms with Crippen LogP contribution in [-0.4, -0.2) is 18.2 Å². The quantitative estimate of drug-likeness (QED) is 0.727. The lowest BCUT2D eigenvalue weighted by Gasteiger charge is -2.11. The fourth-order valence-corrected chi connectivity index (χ4v) is 1.30. The van der Waals surface area contributed by atoms with E-state index in [2.05, 4.69) is 11.1 Å². The Morgan fingerprint density at radius 3 is 2.93 bits per heavy atom. The molecule has 1 aromatic heterocycles. The number of rotatable bonds is 5. The summed E-state index contributed by atoms with van der Waals surface area (Å²) in [4.78, 5) is 4.11. The molecule has 3 nitrogen and oxygen atoms in total. The molecule has 2 N–H and O–H groups in total. The van der Waals surface area contributed by atoms with Gasteiger partial charge in [0.05, 0.1) is 0 Å². The number of aryl methyl sites for hydroxylation is 1. The van der Waals surface area contributed by atoms with Crippen molar-refractivity contribution in [1.29, 1.82) is 0 Å². The topological polar surface area (TPSA) is 48.1 Å². The third-order valence-corrected chi connectivity index (χ3v) is 2.10. The van der Waals surface area contributed by atoms with Crippen LogP contribution in [-0.2, 0) is 4.74 Å². The molecule has 14 heavy (non-hydrogen) atoms. The van der Waals surface area contributed by atoms with E-state index in [-0.39, 0.29) is 6.04 Å². The molecular weight excluding hydrogens is 176 g/mol. The Hall–Kier alpha value is -0.930. The monoisotopic (exact) mass is 194 g/mol. The smallest absolute Gasteiger partial charge is 0.0483 e. The largest absolute Gasteiger partial charge is 0.382 e. The Bertz CT molecular complexity index is 276. The summed E-state index contributed by atoms with van der Waals surface area (Å²) in [5.74, 6) is 0. The summed E-state index contributed by atoms with van der Waals surface area (Å²) in [6.07, 6.45) is 4.50. The van der Waals surface area contributed by atoms with Crippen molar-refractivity contribution in [2.45, 2.75) is 26.3 Å². The second kappa shape index (κ2) is 5.73. The molecule has 0 amide bonds. The highest BCUT2D eigenvalue weighted by atomic mass is 16.5. The van der Waals surface area contributed by atoms with E-state index in [1.807, 2.05) is 26.2 Å². The van der Waals surface area contributed by atoms with Crippen LogP contribution in [0.4, 0.5) is 0 Å². The van der Waals surface area contributed by atoms with E-state index < -0.39 is 0 Å². The van der Waals surface area contributed by atoms with Gasteiger partial charge in [-0.1, -0.05) is 6.07 Å². The Labute approximate surface area is 85.3 Å². The molecule has 0 aromatic carbocycles. The molecule has 3 heteroatoms. The second-order valence-corrected chi connectivity index (χ2v) is 3.39. The average Bonchev–Trinajstić information content (AvgIpc) is 2.18. The zero-order chi connectivity index (χ0) is 10.4. The fraction of sp³-hybridized carbons (Fsp3) is 0.545. The zero-order valence-corrected chi connectivity index (χ0v) is 8.86. The normalized spacial score (nSPS) is 12.8. The summed E-state index contributed by atoms with van der Waals surface area (Å²) in [5, 5.41) is 0. The van der Waals surface area contributed by atoms with Crippen molar-refractivity contribution in [1.82, 2.24) is 4.98 Å². The lowest BCUT2D eigenvalue weighted by Crippen LogP contribution is -2.13. The molecule has 0 saturated heterocycles. The van der Waals surface area contributed by atoms with Gasteiger partial charge in [-0.25, -0.2) is 0 Å². The number of ether oxygens (including phenoxy) is 1. The number of hydrogen-bond donors (Lipinski definition) is 1. The standard InChI is InChI=1S/C11H18N2O/c1-3-14-5-4-11(12)10-6-9(2)7-13-8-10/h6-8,11H,3-5,12H2,1-2H3. The predicted molar refractivity (Wildman–Crippen MR) is 57.0 cm³/mol. The zero-order valence-electron chi connectivity index (χ0n) is 8.86. The highest BCUT2D eigenvalue weighted by Crippen LogP contribution is 2.13. The van der Waals surface area contributed by atoms with E-state index in [0.29, 0.717) is 6.61 Å². The van der Waals surface area contributed by atoms with Crippen LogP contribution in [0.2, 0.25) is 0 Å². The first kappa shape index (κ1) is 11.1. The van der Waals surface area contributed by atoms with E-state index >= 15 is 0 Å². The molecule has 0 fully saturated rings. The molecule has 1 aromatic rings. The Morgan fingerprint density at radius 2 is 2.29 bits per heavy atom. The van der Waals surface area contributed by atoms with Crippen molar-refractivity contribution >= 4 is 0 Å². The third-order valence-electron chi connectivity index (χ3n) is 2.10. The first-order valence-corrected chi connectivity index (χ1v) is 4.99. The highest BCUT2D eigenvalue weighted by molar-refractivity contribution is 5.19. The van der Waals surface area contributed by atoms with Gasteiger partial charge in [-0.05, 0) is 31.4 Å². The van der Waals surface area contributed by atoms with E-state index in [4.69, 9.17) is 10.5 Å². The molecule has 78 valence electrons. The Kier molecular flexibility index (Phi) is 4.56. The molecule has 0 aliphatic rings. The molecule has 1 rings (SSSR count). The second-order valence-electron chi connectivity index (χ2n) is 3.39. The molecule has 1 unspecified atom stereocenters. The first-order chi connectivity index (χ1) is 6.74. The molecule has 0 saturated carbocycles. The molecule has 0 aliphatic carbocycles. The molecular formula is C11H18N2O. The lowest BCUT2D eigenvalue weighted by atomic mass is 10.1. The van der Waals surface area contributed by atoms with Gasteiger partial charge in [0.25, 0.3) is 0 Å². The van der Waals surface area contributed by atoms with Gasteiger partial charge in [0.1, 0.15) is 0 Å². The van der Waals surface area contributed by atoms with Crippen molar-refractivity contribution < 1.29 is 4.74 Å². The fourth-order valence-electron chi connectivity index (χ4n) is 1.30. The average molecular weight is 194 g/mol. The van der Waals surface area contributed by atoms with E-state index in [1.165, 1.54) is 0 Å². The van der Waals surface area contributed by atoms with E-state index in [9.17, 15) is 0 Å². The van der Waals surface area contributed by atoms with Crippen LogP contribution >= 0.6 is 0 Å².